The van der Waals surface area contributed by atoms with Gasteiger partial charge in [-0.15, -0.1) is 0 Å². The van der Waals surface area contributed by atoms with Crippen molar-refractivity contribution >= 4 is 0 Å². The maximum absolute atomic E-state index is 4.49. The van der Waals surface area contributed by atoms with Crippen LogP contribution in [0.25, 0.3) is 0 Å². The van der Waals surface area contributed by atoms with Crippen molar-refractivity contribution in [1.82, 2.24) is 14.5 Å². The molecule has 0 spiro atoms. The van der Waals surface area contributed by atoms with Gasteiger partial charge < -0.3 is 4.57 Å². The number of hydrogen-bond donors (Lipinski definition) is 0. The minimum Gasteiger partial charge on any atom is -0.329 e. The predicted molar refractivity (Wildman–Crippen MR) is 76.9 cm³/mol. The van der Waals surface area contributed by atoms with Crippen LogP contribution in [0.3, 0.4) is 0 Å². The molecule has 3 nitrogen and oxygen atoms in total. The highest BCUT2D eigenvalue weighted by molar-refractivity contribution is 5.39. The summed E-state index contributed by atoms with van der Waals surface area (Å²) in [6, 6.07) is 3.88. The molecule has 2 aromatic heterocycles. The molecule has 98 valence electrons. The van der Waals surface area contributed by atoms with Gasteiger partial charge in [-0.1, -0.05) is 5.92 Å². The van der Waals surface area contributed by atoms with E-state index in [0.717, 1.165) is 22.8 Å². The average molecular weight is 253 g/mol. The van der Waals surface area contributed by atoms with Crippen LogP contribution >= 0.6 is 0 Å². The van der Waals surface area contributed by atoms with Crippen molar-refractivity contribution in [2.24, 2.45) is 0 Å². The van der Waals surface area contributed by atoms with Crippen LogP contribution < -0.4 is 0 Å². The Morgan fingerprint density at radius 3 is 2.47 bits per heavy atom. The van der Waals surface area contributed by atoms with Gasteiger partial charge in [-0.25, -0.2) is 4.98 Å². The van der Waals surface area contributed by atoms with Crippen LogP contribution in [0.5, 0.6) is 0 Å². The zero-order valence-corrected chi connectivity index (χ0v) is 12.2. The van der Waals surface area contributed by atoms with Crippen molar-refractivity contribution in [3.05, 3.63) is 47.3 Å². The summed E-state index contributed by atoms with van der Waals surface area (Å²) in [5, 5.41) is 0. The van der Waals surface area contributed by atoms with E-state index in [0.29, 0.717) is 0 Å². The van der Waals surface area contributed by atoms with Crippen LogP contribution in [0.1, 0.15) is 43.5 Å². The summed E-state index contributed by atoms with van der Waals surface area (Å²) >= 11 is 0. The van der Waals surface area contributed by atoms with Gasteiger partial charge in [-0.3, -0.25) is 4.98 Å². The van der Waals surface area contributed by atoms with Gasteiger partial charge in [0.2, 0.25) is 0 Å². The number of aryl methyl sites for hydroxylation is 2. The molecule has 0 saturated heterocycles. The lowest BCUT2D eigenvalue weighted by Crippen LogP contribution is -2.22. The molecule has 2 aromatic rings. The smallest absolute Gasteiger partial charge is 0.131 e. The van der Waals surface area contributed by atoms with E-state index in [2.05, 4.69) is 47.1 Å². The lowest BCUT2D eigenvalue weighted by Gasteiger charge is -2.21. The van der Waals surface area contributed by atoms with Gasteiger partial charge in [0.05, 0.1) is 0 Å². The Hall–Kier alpha value is -2.08. The van der Waals surface area contributed by atoms with Gasteiger partial charge in [-0.05, 0) is 52.7 Å². The number of nitrogens with zero attached hydrogens (tertiary/aromatic N) is 3. The van der Waals surface area contributed by atoms with Crippen molar-refractivity contribution < 1.29 is 0 Å². The number of hydrogen-bond acceptors (Lipinski definition) is 2. The third-order valence-corrected chi connectivity index (χ3v) is 2.84. The quantitative estimate of drug-likeness (QED) is 0.676. The van der Waals surface area contributed by atoms with E-state index in [-0.39, 0.29) is 5.54 Å². The Kier molecular flexibility index (Phi) is 3.44. The SMILES string of the molecule is Cc1cc(C#Cc2cn(C(C)(C)C)c(C)n2)ccn1. The first kappa shape index (κ1) is 13.4. The molecule has 0 atom stereocenters. The largest absolute Gasteiger partial charge is 0.329 e. The summed E-state index contributed by atoms with van der Waals surface area (Å²) in [4.78, 5) is 8.65. The molecule has 2 rings (SSSR count). The molecule has 0 aliphatic carbocycles. The summed E-state index contributed by atoms with van der Waals surface area (Å²) in [6.07, 6.45) is 3.79. The van der Waals surface area contributed by atoms with E-state index in [1.807, 2.05) is 32.2 Å². The molecule has 19 heavy (non-hydrogen) atoms. The van der Waals surface area contributed by atoms with Crippen molar-refractivity contribution in [3.8, 4) is 11.8 Å². The minimum atomic E-state index is 0.0320. The lowest BCUT2D eigenvalue weighted by atomic mass is 10.1. The summed E-state index contributed by atoms with van der Waals surface area (Å²) in [5.74, 6) is 7.23. The van der Waals surface area contributed by atoms with Gasteiger partial charge in [0.25, 0.3) is 0 Å². The average Bonchev–Trinajstić information content (AvgIpc) is 2.68. The summed E-state index contributed by atoms with van der Waals surface area (Å²) in [5.41, 5.74) is 2.78. The number of pyridine rings is 1. The van der Waals surface area contributed by atoms with Crippen LogP contribution in [0.2, 0.25) is 0 Å². The van der Waals surface area contributed by atoms with Crippen molar-refractivity contribution in [2.45, 2.75) is 40.2 Å². The maximum atomic E-state index is 4.49. The van der Waals surface area contributed by atoms with E-state index >= 15 is 0 Å². The molecule has 0 aromatic carbocycles. The molecule has 0 radical (unpaired) electrons. The van der Waals surface area contributed by atoms with Gasteiger partial charge >= 0.3 is 0 Å². The van der Waals surface area contributed by atoms with E-state index < -0.39 is 0 Å². The summed E-state index contributed by atoms with van der Waals surface area (Å²) in [6.45, 7) is 10.4. The highest BCUT2D eigenvalue weighted by Crippen LogP contribution is 2.16. The van der Waals surface area contributed by atoms with Crippen molar-refractivity contribution in [3.63, 3.8) is 0 Å². The van der Waals surface area contributed by atoms with Crippen LogP contribution in [-0.2, 0) is 5.54 Å². The molecule has 0 N–H and O–H groups in total. The molecule has 3 heteroatoms. The zero-order chi connectivity index (χ0) is 14.0. The van der Waals surface area contributed by atoms with E-state index in [4.69, 9.17) is 0 Å². The molecule has 0 fully saturated rings. The molecule has 2 heterocycles. The van der Waals surface area contributed by atoms with Crippen LogP contribution in [0.15, 0.2) is 24.5 Å². The molecule has 0 saturated carbocycles. The van der Waals surface area contributed by atoms with Gasteiger partial charge in [0, 0.05) is 29.2 Å². The summed E-state index contributed by atoms with van der Waals surface area (Å²) < 4.78 is 2.15. The normalized spacial score (nSPS) is 11.0. The third kappa shape index (κ3) is 3.23. The lowest BCUT2D eigenvalue weighted by molar-refractivity contribution is 0.388. The van der Waals surface area contributed by atoms with Crippen molar-refractivity contribution in [1.29, 1.82) is 0 Å². The fraction of sp³-hybridized carbons (Fsp3) is 0.375. The highest BCUT2D eigenvalue weighted by atomic mass is 15.1. The van der Waals surface area contributed by atoms with E-state index in [9.17, 15) is 0 Å². The fourth-order valence-corrected chi connectivity index (χ4v) is 1.97. The predicted octanol–water partition coefficient (Wildman–Crippen LogP) is 3.05. The second-order valence-corrected chi connectivity index (χ2v) is 5.65. The molecule has 0 aliphatic heterocycles. The number of imidazole rings is 1. The zero-order valence-electron chi connectivity index (χ0n) is 12.2. The Balaban J connectivity index is 2.31. The van der Waals surface area contributed by atoms with Crippen LogP contribution in [0.4, 0.5) is 0 Å². The molecular formula is C16H19N3. The molecule has 0 bridgehead atoms. The van der Waals surface area contributed by atoms with Crippen molar-refractivity contribution in [2.75, 3.05) is 0 Å². The number of rotatable bonds is 0. The Morgan fingerprint density at radius 1 is 1.16 bits per heavy atom. The minimum absolute atomic E-state index is 0.0320. The van der Waals surface area contributed by atoms with Gasteiger partial charge in [0.1, 0.15) is 11.5 Å². The van der Waals surface area contributed by atoms with Gasteiger partial charge in [-0.2, -0.15) is 0 Å². The van der Waals surface area contributed by atoms with E-state index in [1.165, 1.54) is 0 Å². The third-order valence-electron chi connectivity index (χ3n) is 2.84. The fourth-order valence-electron chi connectivity index (χ4n) is 1.97. The first-order chi connectivity index (χ1) is 8.86. The van der Waals surface area contributed by atoms with E-state index in [1.54, 1.807) is 6.20 Å². The summed E-state index contributed by atoms with van der Waals surface area (Å²) in [7, 11) is 0. The van der Waals surface area contributed by atoms with Crippen LogP contribution in [-0.4, -0.2) is 14.5 Å². The number of aromatic nitrogens is 3. The van der Waals surface area contributed by atoms with Gasteiger partial charge in [0.15, 0.2) is 0 Å². The Labute approximate surface area is 114 Å². The monoisotopic (exact) mass is 253 g/mol. The Bertz CT molecular complexity index is 649. The molecular weight excluding hydrogens is 234 g/mol. The molecule has 0 aliphatic rings. The maximum Gasteiger partial charge on any atom is 0.131 e. The first-order valence-corrected chi connectivity index (χ1v) is 6.37. The Morgan fingerprint density at radius 2 is 1.89 bits per heavy atom. The molecule has 0 amide bonds. The highest BCUT2D eigenvalue weighted by Gasteiger charge is 2.15. The molecule has 0 unspecified atom stereocenters. The van der Waals surface area contributed by atoms with Crippen LogP contribution in [0, 0.1) is 25.7 Å². The second-order valence-electron chi connectivity index (χ2n) is 5.65. The topological polar surface area (TPSA) is 30.7 Å². The standard InChI is InChI=1S/C16H19N3/c1-12-10-14(8-9-17-12)6-7-15-11-19(13(2)18-15)16(3,4)5/h8-11H,1-5H3. The first-order valence-electron chi connectivity index (χ1n) is 6.37. The second kappa shape index (κ2) is 4.89.